The van der Waals surface area contributed by atoms with Crippen molar-refractivity contribution in [2.75, 3.05) is 7.11 Å². The zero-order valence-electron chi connectivity index (χ0n) is 15.8. The molecule has 0 unspecified atom stereocenters. The molecule has 0 bridgehead atoms. The van der Waals surface area contributed by atoms with E-state index in [9.17, 15) is 4.79 Å². The SMILES string of the molecule is COC(=O)[C@H]1CCCC[C@H]1N(Cc1ccccc1)[C@H](C)c1ccccc1. The molecule has 26 heavy (non-hydrogen) atoms. The van der Waals surface area contributed by atoms with Crippen molar-refractivity contribution in [1.29, 1.82) is 0 Å². The molecule has 3 rings (SSSR count). The van der Waals surface area contributed by atoms with Gasteiger partial charge in [0.2, 0.25) is 0 Å². The number of benzene rings is 2. The minimum atomic E-state index is -0.0620. The number of rotatable bonds is 6. The lowest BCUT2D eigenvalue weighted by molar-refractivity contribution is -0.150. The van der Waals surface area contributed by atoms with Gasteiger partial charge in [-0.15, -0.1) is 0 Å². The summed E-state index contributed by atoms with van der Waals surface area (Å²) < 4.78 is 5.14. The summed E-state index contributed by atoms with van der Waals surface area (Å²) in [5.74, 6) is -0.100. The number of nitrogens with zero attached hydrogens (tertiary/aromatic N) is 1. The van der Waals surface area contributed by atoms with Gasteiger partial charge in [-0.3, -0.25) is 9.69 Å². The topological polar surface area (TPSA) is 29.5 Å². The molecule has 0 N–H and O–H groups in total. The van der Waals surface area contributed by atoms with Crippen LogP contribution in [-0.4, -0.2) is 24.0 Å². The van der Waals surface area contributed by atoms with Crippen LogP contribution in [0.15, 0.2) is 60.7 Å². The van der Waals surface area contributed by atoms with Gasteiger partial charge in [0.05, 0.1) is 13.0 Å². The molecule has 0 saturated heterocycles. The first kappa shape index (κ1) is 18.7. The van der Waals surface area contributed by atoms with Gasteiger partial charge >= 0.3 is 5.97 Å². The summed E-state index contributed by atoms with van der Waals surface area (Å²) in [5, 5.41) is 0. The molecule has 1 fully saturated rings. The summed E-state index contributed by atoms with van der Waals surface area (Å²) >= 11 is 0. The Hall–Kier alpha value is -2.13. The van der Waals surface area contributed by atoms with Crippen molar-refractivity contribution in [2.24, 2.45) is 5.92 Å². The third-order valence-corrected chi connectivity index (χ3v) is 5.65. The van der Waals surface area contributed by atoms with E-state index in [0.717, 1.165) is 25.8 Å². The number of carbonyl (C=O) groups excluding carboxylic acids is 1. The van der Waals surface area contributed by atoms with Crippen LogP contribution >= 0.6 is 0 Å². The fourth-order valence-electron chi connectivity index (χ4n) is 4.19. The third kappa shape index (κ3) is 4.34. The molecule has 0 spiro atoms. The van der Waals surface area contributed by atoms with Crippen molar-refractivity contribution in [2.45, 2.75) is 51.2 Å². The van der Waals surface area contributed by atoms with E-state index in [4.69, 9.17) is 4.74 Å². The van der Waals surface area contributed by atoms with E-state index in [0.29, 0.717) is 0 Å². The monoisotopic (exact) mass is 351 g/mol. The largest absolute Gasteiger partial charge is 0.469 e. The van der Waals surface area contributed by atoms with Crippen LogP contribution in [0.5, 0.6) is 0 Å². The summed E-state index contributed by atoms with van der Waals surface area (Å²) in [7, 11) is 1.51. The Morgan fingerprint density at radius 2 is 1.65 bits per heavy atom. The highest BCUT2D eigenvalue weighted by atomic mass is 16.5. The Morgan fingerprint density at radius 3 is 2.31 bits per heavy atom. The van der Waals surface area contributed by atoms with Crippen molar-refractivity contribution < 1.29 is 9.53 Å². The first-order valence-corrected chi connectivity index (χ1v) is 9.63. The molecule has 3 atom stereocenters. The highest BCUT2D eigenvalue weighted by Gasteiger charge is 2.37. The van der Waals surface area contributed by atoms with Crippen molar-refractivity contribution in [3.63, 3.8) is 0 Å². The molecule has 1 aliphatic rings. The van der Waals surface area contributed by atoms with Crippen LogP contribution in [0.2, 0.25) is 0 Å². The fourth-order valence-corrected chi connectivity index (χ4v) is 4.19. The van der Waals surface area contributed by atoms with Crippen molar-refractivity contribution in [3.8, 4) is 0 Å². The second-order valence-electron chi connectivity index (χ2n) is 7.23. The van der Waals surface area contributed by atoms with E-state index in [1.165, 1.54) is 24.7 Å². The number of esters is 1. The Balaban J connectivity index is 1.91. The summed E-state index contributed by atoms with van der Waals surface area (Å²) in [4.78, 5) is 14.9. The first-order valence-electron chi connectivity index (χ1n) is 9.63. The van der Waals surface area contributed by atoms with Gasteiger partial charge in [0.1, 0.15) is 0 Å². The van der Waals surface area contributed by atoms with E-state index >= 15 is 0 Å². The van der Waals surface area contributed by atoms with Crippen LogP contribution in [0.1, 0.15) is 49.8 Å². The van der Waals surface area contributed by atoms with E-state index in [1.54, 1.807) is 0 Å². The number of carbonyl (C=O) groups is 1. The van der Waals surface area contributed by atoms with Crippen LogP contribution in [0.25, 0.3) is 0 Å². The second kappa shape index (κ2) is 9.00. The Morgan fingerprint density at radius 1 is 1.04 bits per heavy atom. The number of hydrogen-bond donors (Lipinski definition) is 0. The summed E-state index contributed by atoms with van der Waals surface area (Å²) in [6.45, 7) is 3.09. The predicted molar refractivity (Wildman–Crippen MR) is 105 cm³/mol. The van der Waals surface area contributed by atoms with Crippen molar-refractivity contribution in [1.82, 2.24) is 4.90 Å². The lowest BCUT2D eigenvalue weighted by Gasteiger charge is -2.42. The molecule has 0 aromatic heterocycles. The molecule has 0 radical (unpaired) electrons. The van der Waals surface area contributed by atoms with E-state index in [-0.39, 0.29) is 24.0 Å². The highest BCUT2D eigenvalue weighted by Crippen LogP contribution is 2.35. The van der Waals surface area contributed by atoms with Gasteiger partial charge in [0.25, 0.3) is 0 Å². The molecule has 2 aromatic carbocycles. The molecule has 0 aliphatic heterocycles. The van der Waals surface area contributed by atoms with Gasteiger partial charge in [-0.05, 0) is 30.9 Å². The molecule has 138 valence electrons. The van der Waals surface area contributed by atoms with Gasteiger partial charge in [0, 0.05) is 18.6 Å². The average molecular weight is 351 g/mol. The average Bonchev–Trinajstić information content (AvgIpc) is 2.72. The zero-order chi connectivity index (χ0) is 18.4. The molecule has 3 nitrogen and oxygen atoms in total. The normalized spacial score (nSPS) is 21.3. The van der Waals surface area contributed by atoms with Crippen LogP contribution < -0.4 is 0 Å². The predicted octanol–water partition coefficient (Wildman–Crippen LogP) is 4.98. The lowest BCUT2D eigenvalue weighted by atomic mass is 9.82. The maximum atomic E-state index is 12.4. The zero-order valence-corrected chi connectivity index (χ0v) is 15.8. The van der Waals surface area contributed by atoms with Crippen molar-refractivity contribution >= 4 is 5.97 Å². The second-order valence-corrected chi connectivity index (χ2v) is 7.23. The molecule has 2 aromatic rings. The van der Waals surface area contributed by atoms with E-state index in [2.05, 4.69) is 66.4 Å². The van der Waals surface area contributed by atoms with Gasteiger partial charge in [-0.2, -0.15) is 0 Å². The smallest absolute Gasteiger partial charge is 0.310 e. The Labute approximate surface area is 157 Å². The molecule has 1 saturated carbocycles. The Kier molecular flexibility index (Phi) is 6.45. The maximum absolute atomic E-state index is 12.4. The third-order valence-electron chi connectivity index (χ3n) is 5.65. The molecule has 1 aliphatic carbocycles. The van der Waals surface area contributed by atoms with Crippen molar-refractivity contribution in [3.05, 3.63) is 71.8 Å². The maximum Gasteiger partial charge on any atom is 0.310 e. The summed E-state index contributed by atoms with van der Waals surface area (Å²) in [6, 6.07) is 21.6. The number of hydrogen-bond acceptors (Lipinski definition) is 3. The van der Waals surface area contributed by atoms with Crippen LogP contribution in [0.3, 0.4) is 0 Å². The molecule has 3 heteroatoms. The summed E-state index contributed by atoms with van der Waals surface area (Å²) in [6.07, 6.45) is 4.24. The van der Waals surface area contributed by atoms with Gasteiger partial charge in [0.15, 0.2) is 0 Å². The first-order chi connectivity index (χ1) is 12.7. The number of methoxy groups -OCH3 is 1. The quantitative estimate of drug-likeness (QED) is 0.687. The summed E-state index contributed by atoms with van der Waals surface area (Å²) in [5.41, 5.74) is 2.57. The van der Waals surface area contributed by atoms with Crippen LogP contribution in [0.4, 0.5) is 0 Å². The van der Waals surface area contributed by atoms with E-state index in [1.807, 2.05) is 6.07 Å². The molecule has 0 heterocycles. The minimum absolute atomic E-state index is 0.0383. The molecular weight excluding hydrogens is 322 g/mol. The van der Waals surface area contributed by atoms with Crippen LogP contribution in [0, 0.1) is 5.92 Å². The van der Waals surface area contributed by atoms with Gasteiger partial charge in [-0.25, -0.2) is 0 Å². The van der Waals surface area contributed by atoms with Gasteiger partial charge < -0.3 is 4.74 Å². The fraction of sp³-hybridized carbons (Fsp3) is 0.435. The lowest BCUT2D eigenvalue weighted by Crippen LogP contribution is -2.46. The molecular formula is C23H29NO2. The van der Waals surface area contributed by atoms with Crippen LogP contribution in [-0.2, 0) is 16.1 Å². The van der Waals surface area contributed by atoms with E-state index < -0.39 is 0 Å². The Bertz CT molecular complexity index is 686. The minimum Gasteiger partial charge on any atom is -0.469 e. The molecule has 0 amide bonds. The van der Waals surface area contributed by atoms with Gasteiger partial charge in [-0.1, -0.05) is 73.5 Å². The highest BCUT2D eigenvalue weighted by molar-refractivity contribution is 5.73. The number of ether oxygens (including phenoxy) is 1. The standard InChI is InChI=1S/C23H29NO2/c1-18(20-13-7-4-8-14-20)24(17-19-11-5-3-6-12-19)22-16-10-9-15-21(22)23(25)26-2/h3-8,11-14,18,21-22H,9-10,15-17H2,1-2H3/t18-,21+,22-/m1/s1.